The summed E-state index contributed by atoms with van der Waals surface area (Å²) in [6.07, 6.45) is 17.0. The molecule has 148 valence electrons. The van der Waals surface area contributed by atoms with Gasteiger partial charge in [0.1, 0.15) is 0 Å². The number of ether oxygens (including phenoxy) is 1. The maximum Gasteiger partial charge on any atom is 0.338 e. The topological polar surface area (TPSA) is 26.3 Å². The fraction of sp³-hybridized carbons (Fsp3) is 0.708. The quantitative estimate of drug-likeness (QED) is 0.224. The number of esters is 1. The molecule has 0 aliphatic heterocycles. The summed E-state index contributed by atoms with van der Waals surface area (Å²) in [5.74, 6) is 0.525. The maximum atomic E-state index is 12.1. The van der Waals surface area contributed by atoms with Gasteiger partial charge in [-0.2, -0.15) is 0 Å². The van der Waals surface area contributed by atoms with Crippen LogP contribution in [0.25, 0.3) is 0 Å². The van der Waals surface area contributed by atoms with Gasteiger partial charge in [0.25, 0.3) is 0 Å². The lowest BCUT2D eigenvalue weighted by Crippen LogP contribution is -2.11. The zero-order chi connectivity index (χ0) is 18.9. The molecule has 0 saturated heterocycles. The molecule has 0 bridgehead atoms. The molecule has 0 aromatic heterocycles. The van der Waals surface area contributed by atoms with Crippen LogP contribution in [0.5, 0.6) is 0 Å². The van der Waals surface area contributed by atoms with E-state index in [2.05, 4.69) is 13.8 Å². The first-order valence-electron chi connectivity index (χ1n) is 11.0. The van der Waals surface area contributed by atoms with Gasteiger partial charge in [-0.15, -0.1) is 0 Å². The van der Waals surface area contributed by atoms with Crippen molar-refractivity contribution in [2.24, 2.45) is 5.92 Å². The SMILES string of the molecule is CCCCCCCCC(CCCCCC)CCOC(=O)c1ccccc1. The van der Waals surface area contributed by atoms with Gasteiger partial charge in [0.2, 0.25) is 0 Å². The van der Waals surface area contributed by atoms with Crippen molar-refractivity contribution in [2.45, 2.75) is 97.3 Å². The molecule has 1 aromatic carbocycles. The van der Waals surface area contributed by atoms with Gasteiger partial charge in [-0.25, -0.2) is 4.79 Å². The van der Waals surface area contributed by atoms with Crippen LogP contribution in [0.2, 0.25) is 0 Å². The second kappa shape index (κ2) is 15.9. The van der Waals surface area contributed by atoms with Crippen LogP contribution in [0.4, 0.5) is 0 Å². The summed E-state index contributed by atoms with van der Waals surface area (Å²) >= 11 is 0. The molecule has 0 fully saturated rings. The molecule has 2 nitrogen and oxygen atoms in total. The molecule has 26 heavy (non-hydrogen) atoms. The summed E-state index contributed by atoms with van der Waals surface area (Å²) in [5.41, 5.74) is 0.655. The van der Waals surface area contributed by atoms with Crippen LogP contribution in [0, 0.1) is 5.92 Å². The molecule has 2 heteroatoms. The zero-order valence-electron chi connectivity index (χ0n) is 17.2. The van der Waals surface area contributed by atoms with Gasteiger partial charge < -0.3 is 4.74 Å². The maximum absolute atomic E-state index is 12.1. The standard InChI is InChI=1S/C24H40O2/c1-3-5-7-9-10-13-17-22(16-12-8-6-4-2)20-21-26-24(25)23-18-14-11-15-19-23/h11,14-15,18-19,22H,3-10,12-13,16-17,20-21H2,1-2H3. The van der Waals surface area contributed by atoms with E-state index in [1.165, 1.54) is 77.0 Å². The molecule has 0 radical (unpaired) electrons. The number of rotatable bonds is 16. The van der Waals surface area contributed by atoms with E-state index in [1.54, 1.807) is 0 Å². The third-order valence-corrected chi connectivity index (χ3v) is 5.20. The molecule has 0 saturated carbocycles. The average Bonchev–Trinajstić information content (AvgIpc) is 2.68. The average molecular weight is 361 g/mol. The van der Waals surface area contributed by atoms with Crippen LogP contribution in [0.1, 0.15) is 108 Å². The molecule has 1 atom stereocenters. The van der Waals surface area contributed by atoms with E-state index in [1.807, 2.05) is 30.3 Å². The molecular weight excluding hydrogens is 320 g/mol. The molecular formula is C24H40O2. The highest BCUT2D eigenvalue weighted by Crippen LogP contribution is 2.22. The Hall–Kier alpha value is -1.31. The summed E-state index contributed by atoms with van der Waals surface area (Å²) in [4.78, 5) is 12.1. The van der Waals surface area contributed by atoms with Crippen molar-refractivity contribution in [3.63, 3.8) is 0 Å². The first-order chi connectivity index (χ1) is 12.8. The van der Waals surface area contributed by atoms with E-state index in [9.17, 15) is 4.79 Å². The van der Waals surface area contributed by atoms with Gasteiger partial charge in [-0.3, -0.25) is 0 Å². The lowest BCUT2D eigenvalue weighted by molar-refractivity contribution is 0.0478. The minimum atomic E-state index is -0.185. The number of benzene rings is 1. The van der Waals surface area contributed by atoms with E-state index < -0.39 is 0 Å². The number of hydrogen-bond acceptors (Lipinski definition) is 2. The van der Waals surface area contributed by atoms with E-state index in [0.29, 0.717) is 18.1 Å². The fourth-order valence-corrected chi connectivity index (χ4v) is 3.48. The Labute approximate surface area is 161 Å². The third-order valence-electron chi connectivity index (χ3n) is 5.20. The summed E-state index contributed by atoms with van der Waals surface area (Å²) in [6, 6.07) is 9.32. The van der Waals surface area contributed by atoms with Crippen LogP contribution in [-0.2, 0) is 4.74 Å². The highest BCUT2D eigenvalue weighted by molar-refractivity contribution is 5.89. The number of carbonyl (C=O) groups is 1. The summed E-state index contributed by atoms with van der Waals surface area (Å²) in [5, 5.41) is 0. The molecule has 1 rings (SSSR count). The second-order valence-corrected chi connectivity index (χ2v) is 7.56. The Morgan fingerprint density at radius 1 is 0.769 bits per heavy atom. The smallest absolute Gasteiger partial charge is 0.338 e. The van der Waals surface area contributed by atoms with Gasteiger partial charge in [-0.05, 0) is 24.5 Å². The van der Waals surface area contributed by atoms with Crippen LogP contribution in [-0.4, -0.2) is 12.6 Å². The predicted molar refractivity (Wildman–Crippen MR) is 112 cm³/mol. The van der Waals surface area contributed by atoms with Crippen molar-refractivity contribution in [3.8, 4) is 0 Å². The molecule has 1 unspecified atom stereocenters. The number of unbranched alkanes of at least 4 members (excludes halogenated alkanes) is 8. The highest BCUT2D eigenvalue weighted by atomic mass is 16.5. The van der Waals surface area contributed by atoms with Gasteiger partial charge in [-0.1, -0.05) is 109 Å². The van der Waals surface area contributed by atoms with Crippen molar-refractivity contribution in [1.29, 1.82) is 0 Å². The van der Waals surface area contributed by atoms with Crippen molar-refractivity contribution < 1.29 is 9.53 Å². The van der Waals surface area contributed by atoms with Crippen LogP contribution in [0.15, 0.2) is 30.3 Å². The molecule has 0 aliphatic rings. The van der Waals surface area contributed by atoms with Crippen molar-refractivity contribution in [1.82, 2.24) is 0 Å². The lowest BCUT2D eigenvalue weighted by Gasteiger charge is -2.17. The van der Waals surface area contributed by atoms with Gasteiger partial charge >= 0.3 is 5.97 Å². The van der Waals surface area contributed by atoms with Gasteiger partial charge in [0, 0.05) is 0 Å². The number of carbonyl (C=O) groups excluding carboxylic acids is 1. The van der Waals surface area contributed by atoms with Crippen LogP contribution >= 0.6 is 0 Å². The minimum absolute atomic E-state index is 0.185. The fourth-order valence-electron chi connectivity index (χ4n) is 3.48. The second-order valence-electron chi connectivity index (χ2n) is 7.56. The Bertz CT molecular complexity index is 441. The molecule has 0 N–H and O–H groups in total. The molecule has 0 spiro atoms. The number of hydrogen-bond donors (Lipinski definition) is 0. The monoisotopic (exact) mass is 360 g/mol. The predicted octanol–water partition coefficient (Wildman–Crippen LogP) is 7.57. The Morgan fingerprint density at radius 2 is 1.31 bits per heavy atom. The third kappa shape index (κ3) is 11.3. The highest BCUT2D eigenvalue weighted by Gasteiger charge is 2.11. The molecule has 1 aromatic rings. The minimum Gasteiger partial charge on any atom is -0.462 e. The molecule has 0 amide bonds. The van der Waals surface area contributed by atoms with Crippen LogP contribution < -0.4 is 0 Å². The van der Waals surface area contributed by atoms with Gasteiger partial charge in [0.15, 0.2) is 0 Å². The Kier molecular flexibility index (Phi) is 13.9. The van der Waals surface area contributed by atoms with Crippen molar-refractivity contribution in [2.75, 3.05) is 6.61 Å². The summed E-state index contributed by atoms with van der Waals surface area (Å²) in [7, 11) is 0. The molecule has 0 heterocycles. The van der Waals surface area contributed by atoms with Crippen LogP contribution in [0.3, 0.4) is 0 Å². The van der Waals surface area contributed by atoms with Gasteiger partial charge in [0.05, 0.1) is 12.2 Å². The van der Waals surface area contributed by atoms with E-state index in [4.69, 9.17) is 4.74 Å². The van der Waals surface area contributed by atoms with Crippen molar-refractivity contribution in [3.05, 3.63) is 35.9 Å². The normalized spacial score (nSPS) is 12.1. The summed E-state index contributed by atoms with van der Waals surface area (Å²) < 4.78 is 5.51. The first kappa shape index (κ1) is 22.7. The Balaban J connectivity index is 2.27. The first-order valence-corrected chi connectivity index (χ1v) is 11.0. The lowest BCUT2D eigenvalue weighted by atomic mass is 9.92. The van der Waals surface area contributed by atoms with E-state index >= 15 is 0 Å². The summed E-state index contributed by atoms with van der Waals surface area (Å²) in [6.45, 7) is 5.09. The van der Waals surface area contributed by atoms with E-state index in [0.717, 1.165) is 6.42 Å². The Morgan fingerprint density at radius 3 is 1.92 bits per heavy atom. The van der Waals surface area contributed by atoms with Crippen molar-refractivity contribution >= 4 is 5.97 Å². The largest absolute Gasteiger partial charge is 0.462 e. The molecule has 0 aliphatic carbocycles. The van der Waals surface area contributed by atoms with E-state index in [-0.39, 0.29) is 5.97 Å². The zero-order valence-corrected chi connectivity index (χ0v) is 17.2.